The summed E-state index contributed by atoms with van der Waals surface area (Å²) in [4.78, 5) is 26.7. The van der Waals surface area contributed by atoms with Crippen LogP contribution in [0.15, 0.2) is 49.1 Å². The molecule has 1 saturated heterocycles. The average Bonchev–Trinajstić information content (AvgIpc) is 3.34. The summed E-state index contributed by atoms with van der Waals surface area (Å²) >= 11 is 0. The number of nitrogens with one attached hydrogen (secondary N) is 1. The maximum absolute atomic E-state index is 15.8. The predicted molar refractivity (Wildman–Crippen MR) is 126 cm³/mol. The molecule has 5 heterocycles. The van der Waals surface area contributed by atoms with Gasteiger partial charge in [-0.1, -0.05) is 6.07 Å². The van der Waals surface area contributed by atoms with Crippen molar-refractivity contribution in [2.24, 2.45) is 0 Å². The summed E-state index contributed by atoms with van der Waals surface area (Å²) in [5.74, 6) is -0.747. The molecule has 1 amide bonds. The summed E-state index contributed by atoms with van der Waals surface area (Å²) in [5, 5.41) is 26.2. The molecule has 0 aromatic carbocycles. The van der Waals surface area contributed by atoms with Gasteiger partial charge in [0.1, 0.15) is 12.3 Å². The molecule has 5 rings (SSSR count). The van der Waals surface area contributed by atoms with Crippen molar-refractivity contribution in [3.05, 3.63) is 60.4 Å². The Labute approximate surface area is 200 Å². The highest BCUT2D eigenvalue weighted by atomic mass is 19.1. The molecule has 3 N–H and O–H groups in total. The van der Waals surface area contributed by atoms with E-state index in [0.717, 1.165) is 5.52 Å². The number of aromatic nitrogens is 5. The smallest absolute Gasteiger partial charge is 0.248 e. The second kappa shape index (κ2) is 9.72. The number of halogens is 1. The fraction of sp³-hybridized carbons (Fsp3) is 0.292. The number of piperidine rings is 1. The molecule has 0 aliphatic carbocycles. The van der Waals surface area contributed by atoms with Crippen molar-refractivity contribution < 1.29 is 19.4 Å². The number of aliphatic hydroxyl groups is 2. The number of nitrogens with zero attached hydrogens (tertiary/aromatic N) is 6. The highest BCUT2D eigenvalue weighted by molar-refractivity contribution is 5.79. The fourth-order valence-electron chi connectivity index (χ4n) is 4.28. The van der Waals surface area contributed by atoms with E-state index in [1.54, 1.807) is 27.9 Å². The number of aliphatic hydroxyl groups excluding tert-OH is 2. The Bertz CT molecular complexity index is 1380. The summed E-state index contributed by atoms with van der Waals surface area (Å²) in [5.41, 5.74) is 2.35. The first-order valence-corrected chi connectivity index (χ1v) is 11.3. The van der Waals surface area contributed by atoms with E-state index in [4.69, 9.17) is 0 Å². The minimum Gasteiger partial charge on any atom is -0.392 e. The molecule has 1 atom stereocenters. The number of pyridine rings is 2. The van der Waals surface area contributed by atoms with Gasteiger partial charge in [0, 0.05) is 43.3 Å². The summed E-state index contributed by atoms with van der Waals surface area (Å²) < 4.78 is 17.5. The number of likely N-dealkylation sites (tertiary alicyclic amines) is 1. The molecule has 180 valence electrons. The molecule has 1 fully saturated rings. The standard InChI is InChI=1S/C24H24FN7O3/c25-21-22(16-8-15(13-33)9-26-10-16)29-23(18-11-27-32-7-2-1-5-19(18)32)30-24(21)28-17-4-3-6-31(12-17)20(35)14-34/h1-2,5,7-11,17,33-34H,3-4,6,12-14H2,(H,28,29,30)/t17-/m1/s1. The minimum atomic E-state index is -0.660. The Morgan fingerprint density at radius 3 is 2.91 bits per heavy atom. The largest absolute Gasteiger partial charge is 0.392 e. The molecular formula is C24H24FN7O3. The molecule has 1 aliphatic rings. The van der Waals surface area contributed by atoms with Crippen LogP contribution in [-0.4, -0.2) is 71.3 Å². The van der Waals surface area contributed by atoms with Crippen LogP contribution < -0.4 is 5.32 Å². The minimum absolute atomic E-state index is 0.00187. The lowest BCUT2D eigenvalue weighted by molar-refractivity contribution is -0.135. The predicted octanol–water partition coefficient (Wildman–Crippen LogP) is 1.88. The van der Waals surface area contributed by atoms with Gasteiger partial charge < -0.3 is 20.4 Å². The van der Waals surface area contributed by atoms with Gasteiger partial charge in [0.15, 0.2) is 17.5 Å². The monoisotopic (exact) mass is 477 g/mol. The van der Waals surface area contributed by atoms with Crippen molar-refractivity contribution in [1.82, 2.24) is 29.5 Å². The lowest BCUT2D eigenvalue weighted by Crippen LogP contribution is -2.46. The second-order valence-corrected chi connectivity index (χ2v) is 8.37. The van der Waals surface area contributed by atoms with Crippen LogP contribution in [0, 0.1) is 5.82 Å². The second-order valence-electron chi connectivity index (χ2n) is 8.37. The molecule has 0 saturated carbocycles. The number of rotatable bonds is 6. The van der Waals surface area contributed by atoms with Gasteiger partial charge in [-0.2, -0.15) is 5.10 Å². The van der Waals surface area contributed by atoms with E-state index >= 15 is 4.39 Å². The number of fused-ring (bicyclic) bond motifs is 1. The molecule has 10 nitrogen and oxygen atoms in total. The lowest BCUT2D eigenvalue weighted by Gasteiger charge is -2.33. The highest BCUT2D eigenvalue weighted by Crippen LogP contribution is 2.31. The summed E-state index contributed by atoms with van der Waals surface area (Å²) in [6.07, 6.45) is 7.83. The molecule has 4 aromatic heterocycles. The first kappa shape index (κ1) is 22.8. The van der Waals surface area contributed by atoms with Gasteiger partial charge in [-0.3, -0.25) is 9.78 Å². The van der Waals surface area contributed by atoms with Crippen LogP contribution in [0.1, 0.15) is 18.4 Å². The highest BCUT2D eigenvalue weighted by Gasteiger charge is 2.26. The normalized spacial score (nSPS) is 16.0. The molecule has 0 bridgehead atoms. The maximum atomic E-state index is 15.8. The van der Waals surface area contributed by atoms with Crippen molar-refractivity contribution in [3.8, 4) is 22.6 Å². The molecule has 0 spiro atoms. The van der Waals surface area contributed by atoms with Gasteiger partial charge in [0.2, 0.25) is 5.91 Å². The van der Waals surface area contributed by atoms with Gasteiger partial charge in [-0.25, -0.2) is 18.9 Å². The molecule has 35 heavy (non-hydrogen) atoms. The van der Waals surface area contributed by atoms with Crippen molar-refractivity contribution in [2.75, 3.05) is 25.0 Å². The first-order valence-electron chi connectivity index (χ1n) is 11.3. The Morgan fingerprint density at radius 1 is 1.20 bits per heavy atom. The van der Waals surface area contributed by atoms with E-state index < -0.39 is 12.4 Å². The quantitative estimate of drug-likeness (QED) is 0.384. The number of carbonyl (C=O) groups excluding carboxylic acids is 1. The van der Waals surface area contributed by atoms with E-state index in [9.17, 15) is 15.0 Å². The van der Waals surface area contributed by atoms with Crippen molar-refractivity contribution in [1.29, 1.82) is 0 Å². The van der Waals surface area contributed by atoms with Crippen molar-refractivity contribution in [2.45, 2.75) is 25.5 Å². The topological polar surface area (TPSA) is 129 Å². The van der Waals surface area contributed by atoms with E-state index in [1.165, 1.54) is 12.4 Å². The zero-order chi connectivity index (χ0) is 24.4. The Morgan fingerprint density at radius 2 is 2.09 bits per heavy atom. The molecule has 0 unspecified atom stereocenters. The Kier molecular flexibility index (Phi) is 6.34. The van der Waals surface area contributed by atoms with Gasteiger partial charge in [0.05, 0.1) is 23.9 Å². The van der Waals surface area contributed by atoms with E-state index in [1.807, 2.05) is 18.2 Å². The number of hydrogen-bond acceptors (Lipinski definition) is 8. The Hall–Kier alpha value is -3.96. The molecule has 4 aromatic rings. The number of carbonyl (C=O) groups is 1. The van der Waals surface area contributed by atoms with Crippen LogP contribution >= 0.6 is 0 Å². The third kappa shape index (κ3) is 4.55. The SMILES string of the molecule is O=C(CO)N1CCC[C@@H](Nc2nc(-c3cnn4ccccc34)nc(-c3cncc(CO)c3)c2F)C1. The van der Waals surface area contributed by atoms with Crippen LogP contribution in [0.3, 0.4) is 0 Å². The van der Waals surface area contributed by atoms with Crippen LogP contribution in [-0.2, 0) is 11.4 Å². The lowest BCUT2D eigenvalue weighted by atomic mass is 10.1. The van der Waals surface area contributed by atoms with Crippen LogP contribution in [0.25, 0.3) is 28.2 Å². The molecular weight excluding hydrogens is 453 g/mol. The molecule has 11 heteroatoms. The number of anilines is 1. The van der Waals surface area contributed by atoms with Gasteiger partial charge in [-0.15, -0.1) is 0 Å². The maximum Gasteiger partial charge on any atom is 0.248 e. The van der Waals surface area contributed by atoms with Crippen LogP contribution in [0.5, 0.6) is 0 Å². The van der Waals surface area contributed by atoms with Crippen molar-refractivity contribution in [3.63, 3.8) is 0 Å². The van der Waals surface area contributed by atoms with Gasteiger partial charge >= 0.3 is 0 Å². The first-order chi connectivity index (χ1) is 17.1. The van der Waals surface area contributed by atoms with Crippen LogP contribution in [0.2, 0.25) is 0 Å². The van der Waals surface area contributed by atoms with E-state index in [0.29, 0.717) is 42.6 Å². The van der Waals surface area contributed by atoms with E-state index in [-0.39, 0.29) is 35.9 Å². The molecule has 0 radical (unpaired) electrons. The van der Waals surface area contributed by atoms with Gasteiger partial charge in [0.25, 0.3) is 0 Å². The summed E-state index contributed by atoms with van der Waals surface area (Å²) in [6, 6.07) is 6.96. The van der Waals surface area contributed by atoms with Crippen LogP contribution in [0.4, 0.5) is 10.2 Å². The third-order valence-electron chi connectivity index (χ3n) is 6.02. The number of amides is 1. The average molecular weight is 478 g/mol. The zero-order valence-electron chi connectivity index (χ0n) is 18.8. The van der Waals surface area contributed by atoms with Gasteiger partial charge in [-0.05, 0) is 36.6 Å². The number of hydrogen-bond donors (Lipinski definition) is 3. The Balaban J connectivity index is 1.59. The van der Waals surface area contributed by atoms with E-state index in [2.05, 4.69) is 25.4 Å². The zero-order valence-corrected chi connectivity index (χ0v) is 18.8. The van der Waals surface area contributed by atoms with Crippen molar-refractivity contribution >= 4 is 17.2 Å². The summed E-state index contributed by atoms with van der Waals surface area (Å²) in [7, 11) is 0. The summed E-state index contributed by atoms with van der Waals surface area (Å²) in [6.45, 7) is 0.0658. The molecule has 1 aliphatic heterocycles. The third-order valence-corrected chi connectivity index (χ3v) is 6.02. The fourth-order valence-corrected chi connectivity index (χ4v) is 4.28.